The van der Waals surface area contributed by atoms with Crippen LogP contribution < -0.4 is 16.0 Å². The molecule has 0 atom stereocenters. The smallest absolute Gasteiger partial charge is 0.221 e. The average molecular weight is 301 g/mol. The van der Waals surface area contributed by atoms with Crippen molar-refractivity contribution in [1.29, 1.82) is 0 Å². The van der Waals surface area contributed by atoms with Gasteiger partial charge in [0.1, 0.15) is 0 Å². The second-order valence-electron chi connectivity index (χ2n) is 5.41. The van der Waals surface area contributed by atoms with Crippen molar-refractivity contribution in [3.63, 3.8) is 0 Å². The van der Waals surface area contributed by atoms with Crippen molar-refractivity contribution < 1.29 is 9.59 Å². The maximum Gasteiger partial charge on any atom is 0.221 e. The molecule has 0 rings (SSSR count). The van der Waals surface area contributed by atoms with Crippen LogP contribution in [0, 0.1) is 0 Å². The van der Waals surface area contributed by atoms with Crippen LogP contribution >= 0.6 is 0 Å². The molecule has 0 heterocycles. The monoisotopic (exact) mass is 301 g/mol. The van der Waals surface area contributed by atoms with Gasteiger partial charge in [0.2, 0.25) is 11.8 Å². The van der Waals surface area contributed by atoms with E-state index in [1.54, 1.807) is 0 Å². The predicted molar refractivity (Wildman–Crippen MR) is 85.2 cm³/mol. The zero-order valence-corrected chi connectivity index (χ0v) is 13.9. The van der Waals surface area contributed by atoms with Gasteiger partial charge in [0.05, 0.1) is 0 Å². The number of rotatable bonds is 12. The third-order valence-corrected chi connectivity index (χ3v) is 3.02. The van der Waals surface area contributed by atoms with Gasteiger partial charge in [0.15, 0.2) is 0 Å². The largest absolute Gasteiger partial charge is 0.355 e. The van der Waals surface area contributed by atoms with E-state index in [-0.39, 0.29) is 11.8 Å². The fourth-order valence-electron chi connectivity index (χ4n) is 1.62. The van der Waals surface area contributed by atoms with Crippen LogP contribution in [0.5, 0.6) is 0 Å². The Morgan fingerprint density at radius 2 is 1.33 bits per heavy atom. The Morgan fingerprint density at radius 3 is 1.81 bits per heavy atom. The van der Waals surface area contributed by atoms with Crippen molar-refractivity contribution in [2.45, 2.75) is 12.8 Å². The standard InChI is InChI=1S/C14H31N5O2/c1-15-7-8-16-13(20)5-10-19(4)11-6-14(21)17-9-12-18(2)3/h15H,5-12H2,1-4H3,(H,16,20)(H,17,21). The Morgan fingerprint density at radius 1 is 0.810 bits per heavy atom. The van der Waals surface area contributed by atoms with E-state index in [1.807, 2.05) is 38.0 Å². The number of carbonyl (C=O) groups excluding carboxylic acids is 2. The van der Waals surface area contributed by atoms with Gasteiger partial charge in [-0.15, -0.1) is 0 Å². The summed E-state index contributed by atoms with van der Waals surface area (Å²) in [6.45, 7) is 4.26. The SMILES string of the molecule is CNCCNC(=O)CCN(C)CCC(=O)NCCN(C)C. The van der Waals surface area contributed by atoms with E-state index in [2.05, 4.69) is 16.0 Å². The molecule has 0 aromatic heterocycles. The van der Waals surface area contributed by atoms with Gasteiger partial charge in [-0.05, 0) is 28.2 Å². The van der Waals surface area contributed by atoms with Crippen molar-refractivity contribution in [2.24, 2.45) is 0 Å². The van der Waals surface area contributed by atoms with E-state index in [4.69, 9.17) is 0 Å². The summed E-state index contributed by atoms with van der Waals surface area (Å²) in [5, 5.41) is 8.68. The average Bonchev–Trinajstić information content (AvgIpc) is 2.42. The van der Waals surface area contributed by atoms with E-state index >= 15 is 0 Å². The Hall–Kier alpha value is -1.18. The third kappa shape index (κ3) is 13.6. The fourth-order valence-corrected chi connectivity index (χ4v) is 1.62. The lowest BCUT2D eigenvalue weighted by Gasteiger charge is -2.16. The lowest BCUT2D eigenvalue weighted by atomic mass is 10.3. The molecule has 7 heteroatoms. The van der Waals surface area contributed by atoms with Gasteiger partial charge in [-0.2, -0.15) is 0 Å². The lowest BCUT2D eigenvalue weighted by molar-refractivity contribution is -0.121. The lowest BCUT2D eigenvalue weighted by Crippen LogP contribution is -2.35. The van der Waals surface area contributed by atoms with Crippen LogP contribution in [0.4, 0.5) is 0 Å². The summed E-state index contributed by atoms with van der Waals surface area (Å²) in [5.74, 6) is 0.106. The first-order valence-corrected chi connectivity index (χ1v) is 7.47. The Balaban J connectivity index is 3.58. The Kier molecular flexibility index (Phi) is 11.8. The first-order valence-electron chi connectivity index (χ1n) is 7.47. The molecule has 2 amide bonds. The molecule has 0 saturated heterocycles. The highest BCUT2D eigenvalue weighted by Crippen LogP contribution is 1.91. The van der Waals surface area contributed by atoms with E-state index < -0.39 is 0 Å². The molecule has 0 aliphatic carbocycles. The summed E-state index contributed by atoms with van der Waals surface area (Å²) in [5.41, 5.74) is 0. The molecule has 7 nitrogen and oxygen atoms in total. The minimum atomic E-state index is 0.0486. The summed E-state index contributed by atoms with van der Waals surface area (Å²) in [7, 11) is 7.72. The quantitative estimate of drug-likeness (QED) is 0.391. The normalized spacial score (nSPS) is 11.0. The molecular formula is C14H31N5O2. The van der Waals surface area contributed by atoms with Gasteiger partial charge in [-0.3, -0.25) is 9.59 Å². The van der Waals surface area contributed by atoms with Crippen LogP contribution in [0.3, 0.4) is 0 Å². The van der Waals surface area contributed by atoms with E-state index in [0.29, 0.717) is 39.0 Å². The molecule has 0 aliphatic rings. The van der Waals surface area contributed by atoms with Gasteiger partial charge in [-0.25, -0.2) is 0 Å². The van der Waals surface area contributed by atoms with Crippen LogP contribution in [0.1, 0.15) is 12.8 Å². The van der Waals surface area contributed by atoms with Gasteiger partial charge < -0.3 is 25.8 Å². The molecule has 0 saturated carbocycles. The molecule has 0 aromatic carbocycles. The maximum absolute atomic E-state index is 11.6. The van der Waals surface area contributed by atoms with Crippen LogP contribution in [-0.2, 0) is 9.59 Å². The zero-order chi connectivity index (χ0) is 16.1. The van der Waals surface area contributed by atoms with Crippen molar-refractivity contribution in [3.8, 4) is 0 Å². The number of hydrogen-bond acceptors (Lipinski definition) is 5. The summed E-state index contributed by atoms with van der Waals surface area (Å²) >= 11 is 0. The maximum atomic E-state index is 11.6. The predicted octanol–water partition coefficient (Wildman–Crippen LogP) is -1.29. The topological polar surface area (TPSA) is 76.7 Å². The van der Waals surface area contributed by atoms with Crippen LogP contribution in [-0.4, -0.2) is 89.1 Å². The molecule has 0 unspecified atom stereocenters. The number of hydrogen-bond donors (Lipinski definition) is 3. The summed E-state index contributed by atoms with van der Waals surface area (Å²) < 4.78 is 0. The Bertz CT molecular complexity index is 297. The van der Waals surface area contributed by atoms with Crippen molar-refractivity contribution >= 4 is 11.8 Å². The van der Waals surface area contributed by atoms with Gasteiger partial charge in [0, 0.05) is 52.1 Å². The molecule has 0 aromatic rings. The van der Waals surface area contributed by atoms with E-state index in [9.17, 15) is 9.59 Å². The summed E-state index contributed by atoms with van der Waals surface area (Å²) in [6, 6.07) is 0. The highest BCUT2D eigenvalue weighted by molar-refractivity contribution is 5.76. The molecule has 0 aliphatic heterocycles. The summed E-state index contributed by atoms with van der Waals surface area (Å²) in [4.78, 5) is 27.1. The van der Waals surface area contributed by atoms with E-state index in [0.717, 1.165) is 13.1 Å². The molecule has 124 valence electrons. The van der Waals surface area contributed by atoms with E-state index in [1.165, 1.54) is 0 Å². The molecule has 0 bridgehead atoms. The van der Waals surface area contributed by atoms with Crippen LogP contribution in [0.25, 0.3) is 0 Å². The molecule has 21 heavy (non-hydrogen) atoms. The highest BCUT2D eigenvalue weighted by Gasteiger charge is 2.06. The first-order chi connectivity index (χ1) is 9.95. The van der Waals surface area contributed by atoms with Crippen molar-refractivity contribution in [2.75, 3.05) is 67.5 Å². The number of nitrogens with zero attached hydrogens (tertiary/aromatic N) is 2. The fraction of sp³-hybridized carbons (Fsp3) is 0.857. The van der Waals surface area contributed by atoms with Gasteiger partial charge >= 0.3 is 0 Å². The Labute approximate surface area is 128 Å². The van der Waals surface area contributed by atoms with Crippen molar-refractivity contribution in [3.05, 3.63) is 0 Å². The molecular weight excluding hydrogens is 270 g/mol. The third-order valence-electron chi connectivity index (χ3n) is 3.02. The molecule has 0 spiro atoms. The number of carbonyl (C=O) groups is 2. The van der Waals surface area contributed by atoms with Gasteiger partial charge in [0.25, 0.3) is 0 Å². The molecule has 0 fully saturated rings. The minimum absolute atomic E-state index is 0.0486. The molecule has 0 radical (unpaired) electrons. The second-order valence-corrected chi connectivity index (χ2v) is 5.41. The zero-order valence-electron chi connectivity index (χ0n) is 13.9. The summed E-state index contributed by atoms with van der Waals surface area (Å²) in [6.07, 6.45) is 0.924. The second kappa shape index (κ2) is 12.6. The van der Waals surface area contributed by atoms with Gasteiger partial charge in [-0.1, -0.05) is 0 Å². The van der Waals surface area contributed by atoms with Crippen LogP contribution in [0.2, 0.25) is 0 Å². The minimum Gasteiger partial charge on any atom is -0.355 e. The van der Waals surface area contributed by atoms with Crippen LogP contribution in [0.15, 0.2) is 0 Å². The number of amides is 2. The highest BCUT2D eigenvalue weighted by atomic mass is 16.2. The number of likely N-dealkylation sites (N-methyl/N-ethyl adjacent to an activating group) is 2. The number of nitrogens with one attached hydrogen (secondary N) is 3. The van der Waals surface area contributed by atoms with Crippen molar-refractivity contribution in [1.82, 2.24) is 25.8 Å². The molecule has 3 N–H and O–H groups in total. The first kappa shape index (κ1) is 19.8.